The standard InChI is InChI=1S/C16H23FN2O6S2/c1-3-10-26(21,22)12(2)16(20)18-13-4-5-14(17)15(11-13)27(23,24)19-6-8-25-9-7-19/h4-5,11-12H,3,6-10H2,1-2H3,(H,18,20). The Labute approximate surface area is 158 Å². The summed E-state index contributed by atoms with van der Waals surface area (Å²) in [6.45, 7) is 3.57. The highest BCUT2D eigenvalue weighted by Crippen LogP contribution is 2.24. The maximum atomic E-state index is 14.2. The van der Waals surface area contributed by atoms with Gasteiger partial charge in [0.2, 0.25) is 15.9 Å². The zero-order valence-corrected chi connectivity index (χ0v) is 16.8. The van der Waals surface area contributed by atoms with E-state index in [2.05, 4.69) is 5.32 Å². The lowest BCUT2D eigenvalue weighted by atomic mass is 10.3. The molecule has 0 saturated carbocycles. The second kappa shape index (κ2) is 8.63. The summed E-state index contributed by atoms with van der Waals surface area (Å²) in [6, 6.07) is 3.11. The molecule has 1 atom stereocenters. The molecule has 1 amide bonds. The SMILES string of the molecule is CCCS(=O)(=O)C(C)C(=O)Nc1ccc(F)c(S(=O)(=O)N2CCOCC2)c1. The quantitative estimate of drug-likeness (QED) is 0.702. The third-order valence-corrected chi connectivity index (χ3v) is 8.37. The molecule has 2 rings (SSSR count). The lowest BCUT2D eigenvalue weighted by molar-refractivity contribution is -0.115. The minimum atomic E-state index is -4.10. The van der Waals surface area contributed by atoms with Crippen molar-refractivity contribution in [2.75, 3.05) is 37.4 Å². The van der Waals surface area contributed by atoms with Gasteiger partial charge in [0.05, 0.1) is 19.0 Å². The molecule has 1 aliphatic heterocycles. The summed E-state index contributed by atoms with van der Waals surface area (Å²) in [5.41, 5.74) is 0.00628. The van der Waals surface area contributed by atoms with Crippen LogP contribution in [0.1, 0.15) is 20.3 Å². The van der Waals surface area contributed by atoms with Crippen molar-refractivity contribution < 1.29 is 30.8 Å². The van der Waals surface area contributed by atoms with Gasteiger partial charge in [-0.2, -0.15) is 4.31 Å². The molecule has 0 spiro atoms. The number of carbonyl (C=O) groups is 1. The third-order valence-electron chi connectivity index (χ3n) is 4.18. The number of hydrogen-bond donors (Lipinski definition) is 1. The first-order valence-electron chi connectivity index (χ1n) is 8.49. The van der Waals surface area contributed by atoms with E-state index in [9.17, 15) is 26.0 Å². The van der Waals surface area contributed by atoms with Gasteiger partial charge in [-0.1, -0.05) is 6.92 Å². The van der Waals surface area contributed by atoms with Gasteiger partial charge in [0.15, 0.2) is 9.84 Å². The summed E-state index contributed by atoms with van der Waals surface area (Å²) in [4.78, 5) is 11.6. The van der Waals surface area contributed by atoms with Crippen molar-refractivity contribution in [1.29, 1.82) is 0 Å². The Morgan fingerprint density at radius 3 is 2.48 bits per heavy atom. The lowest BCUT2D eigenvalue weighted by Gasteiger charge is -2.26. The fourth-order valence-electron chi connectivity index (χ4n) is 2.57. The summed E-state index contributed by atoms with van der Waals surface area (Å²) >= 11 is 0. The van der Waals surface area contributed by atoms with E-state index in [0.29, 0.717) is 6.42 Å². The molecule has 0 bridgehead atoms. The summed E-state index contributed by atoms with van der Waals surface area (Å²) in [7, 11) is -7.72. The van der Waals surface area contributed by atoms with Gasteiger partial charge in [-0.3, -0.25) is 4.79 Å². The topological polar surface area (TPSA) is 110 Å². The molecule has 0 aliphatic carbocycles. The molecular formula is C16H23FN2O6S2. The zero-order chi connectivity index (χ0) is 20.2. The van der Waals surface area contributed by atoms with Gasteiger partial charge in [-0.15, -0.1) is 0 Å². The maximum Gasteiger partial charge on any atom is 0.246 e. The number of anilines is 1. The molecule has 0 aromatic heterocycles. The number of carbonyl (C=O) groups excluding carboxylic acids is 1. The van der Waals surface area contributed by atoms with E-state index in [1.165, 1.54) is 13.0 Å². The van der Waals surface area contributed by atoms with Gasteiger partial charge < -0.3 is 10.1 Å². The highest BCUT2D eigenvalue weighted by atomic mass is 32.2. The normalized spacial score (nSPS) is 17.4. The summed E-state index contributed by atoms with van der Waals surface area (Å²) in [5, 5.41) is 1.05. The van der Waals surface area contributed by atoms with Crippen LogP contribution in [0.15, 0.2) is 23.1 Å². The number of benzene rings is 1. The molecule has 1 N–H and O–H groups in total. The average Bonchev–Trinajstić information content (AvgIpc) is 2.63. The summed E-state index contributed by atoms with van der Waals surface area (Å²) < 4.78 is 69.7. The highest BCUT2D eigenvalue weighted by molar-refractivity contribution is 7.92. The van der Waals surface area contributed by atoms with Crippen LogP contribution in [0.3, 0.4) is 0 Å². The van der Waals surface area contributed by atoms with Gasteiger partial charge >= 0.3 is 0 Å². The van der Waals surface area contributed by atoms with E-state index in [1.54, 1.807) is 6.92 Å². The predicted octanol–water partition coefficient (Wildman–Crippen LogP) is 0.998. The van der Waals surface area contributed by atoms with Crippen LogP contribution in [0.5, 0.6) is 0 Å². The fraction of sp³-hybridized carbons (Fsp3) is 0.562. The first kappa shape index (κ1) is 21.7. The molecule has 1 aliphatic rings. The van der Waals surface area contributed by atoms with Crippen LogP contribution in [0, 0.1) is 5.82 Å². The molecule has 11 heteroatoms. The summed E-state index contributed by atoms with van der Waals surface area (Å²) in [5.74, 6) is -1.89. The molecule has 8 nitrogen and oxygen atoms in total. The second-order valence-electron chi connectivity index (χ2n) is 6.16. The zero-order valence-electron chi connectivity index (χ0n) is 15.1. The van der Waals surface area contributed by atoms with E-state index in [1.807, 2.05) is 0 Å². The fourth-order valence-corrected chi connectivity index (χ4v) is 5.38. The number of sulfone groups is 1. The Hall–Kier alpha value is -1.56. The van der Waals surface area contributed by atoms with Crippen LogP contribution >= 0.6 is 0 Å². The van der Waals surface area contributed by atoms with Crippen LogP contribution < -0.4 is 5.32 Å². The maximum absolute atomic E-state index is 14.2. The van der Waals surface area contributed by atoms with E-state index in [-0.39, 0.29) is 37.7 Å². The molecule has 27 heavy (non-hydrogen) atoms. The molecule has 1 unspecified atom stereocenters. The molecule has 1 aromatic carbocycles. The number of hydrogen-bond acceptors (Lipinski definition) is 6. The Morgan fingerprint density at radius 1 is 1.26 bits per heavy atom. The minimum Gasteiger partial charge on any atom is -0.379 e. The number of halogens is 1. The minimum absolute atomic E-state index is 0.00628. The molecule has 1 fully saturated rings. The van der Waals surface area contributed by atoms with Crippen molar-refractivity contribution in [3.05, 3.63) is 24.0 Å². The summed E-state index contributed by atoms with van der Waals surface area (Å²) in [6.07, 6.45) is 0.373. The van der Waals surface area contributed by atoms with Crippen molar-refractivity contribution >= 4 is 31.5 Å². The van der Waals surface area contributed by atoms with E-state index >= 15 is 0 Å². The first-order chi connectivity index (χ1) is 12.6. The molecule has 0 radical (unpaired) electrons. The van der Waals surface area contributed by atoms with Gasteiger partial charge in [0, 0.05) is 18.8 Å². The number of nitrogens with zero attached hydrogens (tertiary/aromatic N) is 1. The molecule has 1 heterocycles. The van der Waals surface area contributed by atoms with Gasteiger partial charge in [0.25, 0.3) is 0 Å². The molecule has 152 valence electrons. The molecule has 1 saturated heterocycles. The number of morpholine rings is 1. The van der Waals surface area contributed by atoms with Crippen LogP contribution in [-0.2, 0) is 29.4 Å². The van der Waals surface area contributed by atoms with Crippen molar-refractivity contribution in [1.82, 2.24) is 4.31 Å². The van der Waals surface area contributed by atoms with E-state index in [0.717, 1.165) is 16.4 Å². The molecule has 1 aromatic rings. The van der Waals surface area contributed by atoms with Crippen LogP contribution in [0.2, 0.25) is 0 Å². The Morgan fingerprint density at radius 2 is 1.89 bits per heavy atom. The van der Waals surface area contributed by atoms with Gasteiger partial charge in [-0.05, 0) is 31.5 Å². The predicted molar refractivity (Wildman–Crippen MR) is 98.1 cm³/mol. The smallest absolute Gasteiger partial charge is 0.246 e. The number of nitrogens with one attached hydrogen (secondary N) is 1. The van der Waals surface area contributed by atoms with Crippen LogP contribution in [0.4, 0.5) is 10.1 Å². The average molecular weight is 423 g/mol. The van der Waals surface area contributed by atoms with Crippen molar-refractivity contribution in [2.45, 2.75) is 30.4 Å². The van der Waals surface area contributed by atoms with Gasteiger partial charge in [0.1, 0.15) is 16.0 Å². The second-order valence-corrected chi connectivity index (χ2v) is 10.5. The van der Waals surface area contributed by atoms with Crippen LogP contribution in [-0.4, -0.2) is 64.4 Å². The van der Waals surface area contributed by atoms with E-state index < -0.39 is 41.7 Å². The Balaban J connectivity index is 2.25. The number of rotatable bonds is 7. The largest absolute Gasteiger partial charge is 0.379 e. The van der Waals surface area contributed by atoms with Gasteiger partial charge in [-0.25, -0.2) is 21.2 Å². The Bertz CT molecular complexity index is 895. The first-order valence-corrected chi connectivity index (χ1v) is 11.6. The van der Waals surface area contributed by atoms with E-state index in [4.69, 9.17) is 4.74 Å². The van der Waals surface area contributed by atoms with Crippen molar-refractivity contribution in [2.24, 2.45) is 0 Å². The lowest BCUT2D eigenvalue weighted by Crippen LogP contribution is -2.41. The number of sulfonamides is 1. The monoisotopic (exact) mass is 422 g/mol. The number of amides is 1. The highest BCUT2D eigenvalue weighted by Gasteiger charge is 2.30. The van der Waals surface area contributed by atoms with Crippen molar-refractivity contribution in [3.8, 4) is 0 Å². The van der Waals surface area contributed by atoms with Crippen LogP contribution in [0.25, 0.3) is 0 Å². The van der Waals surface area contributed by atoms with Crippen molar-refractivity contribution in [3.63, 3.8) is 0 Å². The Kier molecular flexibility index (Phi) is 6.95. The third kappa shape index (κ3) is 5.03. The molecular weight excluding hydrogens is 399 g/mol. The number of ether oxygens (including phenoxy) is 1.